The maximum Gasteiger partial charge on any atom is 0.335 e. The van der Waals surface area contributed by atoms with E-state index in [0.29, 0.717) is 34.4 Å². The highest BCUT2D eigenvalue weighted by Gasteiger charge is 2.36. The van der Waals surface area contributed by atoms with Gasteiger partial charge in [0.05, 0.1) is 16.4 Å². The molecule has 3 aromatic carbocycles. The summed E-state index contributed by atoms with van der Waals surface area (Å²) in [6, 6.07) is 16.8. The van der Waals surface area contributed by atoms with Gasteiger partial charge in [-0.05, 0) is 83.1 Å². The van der Waals surface area contributed by atoms with Crippen LogP contribution in [0.5, 0.6) is 11.5 Å². The smallest absolute Gasteiger partial charge is 0.335 e. The number of ether oxygens (including phenoxy) is 2. The third-order valence-electron chi connectivity index (χ3n) is 5.25. The zero-order valence-corrected chi connectivity index (χ0v) is 21.7. The van der Waals surface area contributed by atoms with Crippen molar-refractivity contribution in [3.8, 4) is 11.5 Å². The molecule has 1 aliphatic rings. The van der Waals surface area contributed by atoms with E-state index in [9.17, 15) is 14.4 Å². The minimum atomic E-state index is -0.792. The van der Waals surface area contributed by atoms with E-state index in [0.717, 1.165) is 19.6 Å². The summed E-state index contributed by atoms with van der Waals surface area (Å²) in [5.41, 5.74) is 2.66. The van der Waals surface area contributed by atoms with Crippen molar-refractivity contribution in [1.29, 1.82) is 0 Å². The number of hydrogen-bond donors (Lipinski definition) is 1. The van der Waals surface area contributed by atoms with Crippen LogP contribution in [0.25, 0.3) is 6.08 Å². The number of benzene rings is 3. The molecular formula is C26H20ClIN2O5. The molecule has 3 aromatic rings. The van der Waals surface area contributed by atoms with Crippen molar-refractivity contribution in [3.05, 3.63) is 91.5 Å². The van der Waals surface area contributed by atoms with Crippen LogP contribution in [0.1, 0.15) is 16.7 Å². The molecule has 0 bridgehead atoms. The Kier molecular flexibility index (Phi) is 7.42. The van der Waals surface area contributed by atoms with Gasteiger partial charge in [0.2, 0.25) is 0 Å². The number of urea groups is 1. The predicted octanol–water partition coefficient (Wildman–Crippen LogP) is 5.51. The Morgan fingerprint density at radius 3 is 2.37 bits per heavy atom. The molecule has 0 radical (unpaired) electrons. The molecule has 0 saturated carbocycles. The number of anilines is 1. The lowest BCUT2D eigenvalue weighted by atomic mass is 10.1. The standard InChI is InChI=1S/C26H20ClIN2O5/c1-15-3-9-19(10-4-15)30-25(32)20(24(31)29-26(30)33)11-17-12-21(28)23(22(13-17)34-2)35-14-16-5-7-18(27)8-6-16/h3-13H,14H2,1-2H3,(H,29,31,33)/b20-11-. The van der Waals surface area contributed by atoms with Crippen LogP contribution >= 0.6 is 34.2 Å². The number of halogens is 2. The molecule has 7 nitrogen and oxygen atoms in total. The van der Waals surface area contributed by atoms with E-state index in [4.69, 9.17) is 21.1 Å². The Morgan fingerprint density at radius 2 is 1.71 bits per heavy atom. The van der Waals surface area contributed by atoms with Gasteiger partial charge >= 0.3 is 6.03 Å². The molecule has 1 saturated heterocycles. The van der Waals surface area contributed by atoms with Crippen molar-refractivity contribution in [2.45, 2.75) is 13.5 Å². The number of methoxy groups -OCH3 is 1. The molecule has 1 aliphatic heterocycles. The van der Waals surface area contributed by atoms with E-state index in [-0.39, 0.29) is 5.57 Å². The summed E-state index contributed by atoms with van der Waals surface area (Å²) in [5.74, 6) is -0.506. The number of carbonyl (C=O) groups is 3. The Balaban J connectivity index is 1.63. The van der Waals surface area contributed by atoms with Gasteiger partial charge < -0.3 is 9.47 Å². The molecule has 9 heteroatoms. The summed E-state index contributed by atoms with van der Waals surface area (Å²) in [6.07, 6.45) is 1.43. The molecule has 0 spiro atoms. The highest BCUT2D eigenvalue weighted by atomic mass is 127. The van der Waals surface area contributed by atoms with E-state index < -0.39 is 17.8 Å². The van der Waals surface area contributed by atoms with Crippen LogP contribution in [0.4, 0.5) is 10.5 Å². The molecule has 0 aliphatic carbocycles. The Bertz CT molecular complexity index is 1340. The fraction of sp³-hybridized carbons (Fsp3) is 0.115. The number of barbiturate groups is 1. The van der Waals surface area contributed by atoms with Crippen LogP contribution < -0.4 is 19.7 Å². The minimum absolute atomic E-state index is 0.169. The molecule has 178 valence electrons. The van der Waals surface area contributed by atoms with E-state index in [1.807, 2.05) is 19.1 Å². The number of amides is 4. The van der Waals surface area contributed by atoms with Gasteiger partial charge in [0.15, 0.2) is 11.5 Å². The second-order valence-electron chi connectivity index (χ2n) is 7.74. The van der Waals surface area contributed by atoms with Crippen LogP contribution in [-0.2, 0) is 16.2 Å². The molecule has 1 heterocycles. The third kappa shape index (κ3) is 5.49. The first-order chi connectivity index (χ1) is 16.8. The summed E-state index contributed by atoms with van der Waals surface area (Å²) in [7, 11) is 1.51. The molecule has 4 amide bonds. The van der Waals surface area contributed by atoms with Gasteiger partial charge in [-0.25, -0.2) is 9.69 Å². The number of nitrogens with zero attached hydrogens (tertiary/aromatic N) is 1. The Hall–Kier alpha value is -3.37. The number of carbonyl (C=O) groups excluding carboxylic acids is 3. The summed E-state index contributed by atoms with van der Waals surface area (Å²) in [6.45, 7) is 2.20. The second-order valence-corrected chi connectivity index (χ2v) is 9.34. The normalized spacial score (nSPS) is 14.8. The van der Waals surface area contributed by atoms with Gasteiger partial charge in [0.25, 0.3) is 11.8 Å². The SMILES string of the molecule is COc1cc(/C=C2/C(=O)NC(=O)N(c3ccc(C)cc3)C2=O)cc(I)c1OCc1ccc(Cl)cc1. The van der Waals surface area contributed by atoms with Crippen LogP contribution in [0.2, 0.25) is 5.02 Å². The van der Waals surface area contributed by atoms with Gasteiger partial charge in [-0.2, -0.15) is 0 Å². The Labute approximate surface area is 220 Å². The van der Waals surface area contributed by atoms with Crippen LogP contribution in [0, 0.1) is 10.5 Å². The molecule has 35 heavy (non-hydrogen) atoms. The average Bonchev–Trinajstić information content (AvgIpc) is 2.83. The van der Waals surface area contributed by atoms with Crippen molar-refractivity contribution in [2.75, 3.05) is 12.0 Å². The van der Waals surface area contributed by atoms with Crippen molar-refractivity contribution in [3.63, 3.8) is 0 Å². The number of nitrogens with one attached hydrogen (secondary N) is 1. The molecular weight excluding hydrogens is 583 g/mol. The lowest BCUT2D eigenvalue weighted by Crippen LogP contribution is -2.54. The van der Waals surface area contributed by atoms with Crippen LogP contribution in [-0.4, -0.2) is 25.0 Å². The van der Waals surface area contributed by atoms with Gasteiger partial charge in [-0.15, -0.1) is 0 Å². The summed E-state index contributed by atoms with van der Waals surface area (Å²) >= 11 is 8.04. The number of hydrogen-bond acceptors (Lipinski definition) is 5. The minimum Gasteiger partial charge on any atom is -0.493 e. The maximum absolute atomic E-state index is 13.1. The number of aryl methyl sites for hydroxylation is 1. The van der Waals surface area contributed by atoms with Crippen LogP contribution in [0.15, 0.2) is 66.2 Å². The van der Waals surface area contributed by atoms with Crippen LogP contribution in [0.3, 0.4) is 0 Å². The lowest BCUT2D eigenvalue weighted by Gasteiger charge is -2.26. The van der Waals surface area contributed by atoms with Crippen molar-refractivity contribution < 1.29 is 23.9 Å². The van der Waals surface area contributed by atoms with Gasteiger partial charge in [-0.3, -0.25) is 14.9 Å². The monoisotopic (exact) mass is 602 g/mol. The van der Waals surface area contributed by atoms with E-state index in [2.05, 4.69) is 27.9 Å². The average molecular weight is 603 g/mol. The fourth-order valence-corrected chi connectivity index (χ4v) is 4.36. The molecule has 4 rings (SSSR count). The van der Waals surface area contributed by atoms with E-state index >= 15 is 0 Å². The number of rotatable bonds is 6. The lowest BCUT2D eigenvalue weighted by molar-refractivity contribution is -0.122. The largest absolute Gasteiger partial charge is 0.493 e. The third-order valence-corrected chi connectivity index (χ3v) is 6.31. The van der Waals surface area contributed by atoms with Crippen molar-refractivity contribution in [1.82, 2.24) is 5.32 Å². The topological polar surface area (TPSA) is 84.9 Å². The first-order valence-corrected chi connectivity index (χ1v) is 12.0. The van der Waals surface area contributed by atoms with Crippen molar-refractivity contribution in [2.24, 2.45) is 0 Å². The maximum atomic E-state index is 13.1. The molecule has 0 atom stereocenters. The summed E-state index contributed by atoms with van der Waals surface area (Å²) in [5, 5.41) is 2.87. The second kappa shape index (κ2) is 10.5. The van der Waals surface area contributed by atoms with E-state index in [1.54, 1.807) is 48.5 Å². The predicted molar refractivity (Wildman–Crippen MR) is 142 cm³/mol. The molecule has 1 fully saturated rings. The summed E-state index contributed by atoms with van der Waals surface area (Å²) < 4.78 is 12.2. The molecule has 0 unspecified atom stereocenters. The fourth-order valence-electron chi connectivity index (χ4n) is 3.45. The summed E-state index contributed by atoms with van der Waals surface area (Å²) in [4.78, 5) is 39.0. The molecule has 1 N–H and O–H groups in total. The van der Waals surface area contributed by atoms with Gasteiger partial charge in [-0.1, -0.05) is 41.4 Å². The highest BCUT2D eigenvalue weighted by molar-refractivity contribution is 14.1. The zero-order valence-electron chi connectivity index (χ0n) is 18.8. The van der Waals surface area contributed by atoms with Gasteiger partial charge in [0, 0.05) is 5.02 Å². The number of imide groups is 2. The quantitative estimate of drug-likeness (QED) is 0.229. The highest BCUT2D eigenvalue weighted by Crippen LogP contribution is 2.35. The van der Waals surface area contributed by atoms with Crippen molar-refractivity contribution >= 4 is 63.8 Å². The first kappa shape index (κ1) is 24.7. The van der Waals surface area contributed by atoms with Gasteiger partial charge in [0.1, 0.15) is 12.2 Å². The van der Waals surface area contributed by atoms with E-state index in [1.165, 1.54) is 13.2 Å². The first-order valence-electron chi connectivity index (χ1n) is 10.5. The zero-order chi connectivity index (χ0) is 25.1. The Morgan fingerprint density at radius 1 is 1.03 bits per heavy atom. The molecule has 0 aromatic heterocycles.